The highest BCUT2D eigenvalue weighted by Crippen LogP contribution is 2.31. The van der Waals surface area contributed by atoms with Crippen LogP contribution in [0.3, 0.4) is 0 Å². The Morgan fingerprint density at radius 3 is 2.32 bits per heavy atom. The molecule has 1 heterocycles. The first-order chi connectivity index (χ1) is 13.6. The molecule has 6 heteroatoms. The van der Waals surface area contributed by atoms with Crippen LogP contribution in [-0.4, -0.2) is 49.4 Å². The lowest BCUT2D eigenvalue weighted by molar-refractivity contribution is -0.138. The highest BCUT2D eigenvalue weighted by molar-refractivity contribution is 5.81. The van der Waals surface area contributed by atoms with Gasteiger partial charge in [0, 0.05) is 44.6 Å². The van der Waals surface area contributed by atoms with E-state index in [0.29, 0.717) is 31.9 Å². The smallest absolute Gasteiger partial charge is 0.225 e. The maximum absolute atomic E-state index is 14.0. The molecule has 5 nitrogen and oxygen atoms in total. The van der Waals surface area contributed by atoms with Gasteiger partial charge in [-0.2, -0.15) is 0 Å². The van der Waals surface area contributed by atoms with Crippen LogP contribution < -0.4 is 10.2 Å². The highest BCUT2D eigenvalue weighted by atomic mass is 19.1. The minimum absolute atomic E-state index is 0.0275. The van der Waals surface area contributed by atoms with Crippen molar-refractivity contribution in [1.82, 2.24) is 10.2 Å². The van der Waals surface area contributed by atoms with Crippen LogP contribution >= 0.6 is 0 Å². The second-order valence-electron chi connectivity index (χ2n) is 7.96. The molecule has 1 aliphatic carbocycles. The first-order valence-electron chi connectivity index (χ1n) is 10.7. The number of carbonyl (C=O) groups excluding carboxylic acids is 2. The fraction of sp³-hybridized carbons (Fsp3) is 0.636. The largest absolute Gasteiger partial charge is 0.366 e. The molecule has 0 spiro atoms. The van der Waals surface area contributed by atoms with E-state index in [0.717, 1.165) is 45.1 Å². The van der Waals surface area contributed by atoms with E-state index >= 15 is 0 Å². The maximum Gasteiger partial charge on any atom is 0.225 e. The van der Waals surface area contributed by atoms with Gasteiger partial charge in [-0.15, -0.1) is 0 Å². The van der Waals surface area contributed by atoms with E-state index in [4.69, 9.17) is 0 Å². The Kier molecular flexibility index (Phi) is 7.29. The number of nitrogens with zero attached hydrogens (tertiary/aromatic N) is 2. The fourth-order valence-corrected chi connectivity index (χ4v) is 4.27. The van der Waals surface area contributed by atoms with Crippen molar-refractivity contribution in [3.63, 3.8) is 0 Å². The average molecular weight is 390 g/mol. The summed E-state index contributed by atoms with van der Waals surface area (Å²) in [6.45, 7) is 5.43. The third-order valence-corrected chi connectivity index (χ3v) is 6.06. The van der Waals surface area contributed by atoms with Gasteiger partial charge < -0.3 is 15.1 Å². The number of piperazine rings is 1. The van der Waals surface area contributed by atoms with Gasteiger partial charge in [-0.05, 0) is 44.2 Å². The van der Waals surface area contributed by atoms with E-state index in [9.17, 15) is 14.0 Å². The van der Waals surface area contributed by atoms with Crippen molar-refractivity contribution in [2.24, 2.45) is 11.8 Å². The van der Waals surface area contributed by atoms with E-state index in [2.05, 4.69) is 12.2 Å². The Bertz CT molecular complexity index is 666. The number of hydrogen-bond acceptors (Lipinski definition) is 3. The molecule has 2 amide bonds. The lowest BCUT2D eigenvalue weighted by Gasteiger charge is -2.38. The summed E-state index contributed by atoms with van der Waals surface area (Å²) < 4.78 is 14.0. The quantitative estimate of drug-likeness (QED) is 0.760. The summed E-state index contributed by atoms with van der Waals surface area (Å²) >= 11 is 0. The summed E-state index contributed by atoms with van der Waals surface area (Å²) in [5.41, 5.74) is 0.615. The van der Waals surface area contributed by atoms with Crippen molar-refractivity contribution in [2.75, 3.05) is 37.6 Å². The van der Waals surface area contributed by atoms with Gasteiger partial charge in [-0.1, -0.05) is 25.5 Å². The zero-order valence-corrected chi connectivity index (χ0v) is 16.8. The van der Waals surface area contributed by atoms with Gasteiger partial charge in [0.15, 0.2) is 0 Å². The van der Waals surface area contributed by atoms with Gasteiger partial charge in [0.25, 0.3) is 0 Å². The average Bonchev–Trinajstić information content (AvgIpc) is 2.74. The summed E-state index contributed by atoms with van der Waals surface area (Å²) in [5, 5.41) is 3.02. The Balaban J connectivity index is 1.44. The van der Waals surface area contributed by atoms with Crippen molar-refractivity contribution in [1.29, 1.82) is 0 Å². The Morgan fingerprint density at radius 1 is 1.04 bits per heavy atom. The summed E-state index contributed by atoms with van der Waals surface area (Å²) in [7, 11) is 0. The monoisotopic (exact) mass is 389 g/mol. The lowest BCUT2D eigenvalue weighted by atomic mass is 9.81. The van der Waals surface area contributed by atoms with E-state index in [1.54, 1.807) is 12.1 Å². The molecular weight excluding hydrogens is 357 g/mol. The minimum atomic E-state index is -0.210. The molecule has 2 aliphatic rings. The van der Waals surface area contributed by atoms with Crippen LogP contribution in [-0.2, 0) is 9.59 Å². The van der Waals surface area contributed by atoms with Crippen LogP contribution in [0.2, 0.25) is 0 Å². The maximum atomic E-state index is 14.0. The molecule has 0 bridgehead atoms. The SMILES string of the molecule is CCCCNC(=O)C1CCC(C(=O)N2CCN(c3ccccc3F)CC2)CC1. The molecular formula is C22H32FN3O2. The molecule has 1 aliphatic heterocycles. The van der Waals surface area contributed by atoms with Crippen LogP contribution in [0.25, 0.3) is 0 Å². The van der Waals surface area contributed by atoms with Gasteiger partial charge in [-0.25, -0.2) is 4.39 Å². The molecule has 1 saturated carbocycles. The summed E-state index contributed by atoms with van der Waals surface area (Å²) in [5.74, 6) is 0.229. The lowest BCUT2D eigenvalue weighted by Crippen LogP contribution is -2.51. The molecule has 0 atom stereocenters. The van der Waals surface area contributed by atoms with Crippen LogP contribution in [0.15, 0.2) is 24.3 Å². The first kappa shape index (κ1) is 20.6. The number of para-hydroxylation sites is 1. The third kappa shape index (κ3) is 5.03. The molecule has 1 aromatic rings. The molecule has 3 rings (SSSR count). The molecule has 1 aromatic carbocycles. The normalized spacial score (nSPS) is 22.8. The standard InChI is InChI=1S/C22H32FN3O2/c1-2-3-12-24-21(27)17-8-10-18(11-9-17)22(28)26-15-13-25(14-16-26)20-7-5-4-6-19(20)23/h4-7,17-18H,2-3,8-16H2,1H3,(H,24,27). The van der Waals surface area contributed by atoms with Crippen molar-refractivity contribution >= 4 is 17.5 Å². The number of nitrogens with one attached hydrogen (secondary N) is 1. The van der Waals surface area contributed by atoms with Gasteiger partial charge >= 0.3 is 0 Å². The molecule has 1 saturated heterocycles. The van der Waals surface area contributed by atoms with Gasteiger partial charge in [-0.3, -0.25) is 9.59 Å². The zero-order chi connectivity index (χ0) is 19.9. The fourth-order valence-electron chi connectivity index (χ4n) is 4.27. The number of unbranched alkanes of at least 4 members (excludes halogenated alkanes) is 1. The number of benzene rings is 1. The van der Waals surface area contributed by atoms with Crippen molar-refractivity contribution in [3.05, 3.63) is 30.1 Å². The Hall–Kier alpha value is -2.11. The predicted molar refractivity (Wildman–Crippen MR) is 109 cm³/mol. The first-order valence-corrected chi connectivity index (χ1v) is 10.7. The van der Waals surface area contributed by atoms with Crippen LogP contribution in [0, 0.1) is 17.7 Å². The van der Waals surface area contributed by atoms with E-state index < -0.39 is 0 Å². The number of anilines is 1. The van der Waals surface area contributed by atoms with E-state index in [-0.39, 0.29) is 29.5 Å². The Labute approximate surface area is 167 Å². The van der Waals surface area contributed by atoms with Crippen molar-refractivity contribution in [2.45, 2.75) is 45.4 Å². The Morgan fingerprint density at radius 2 is 1.68 bits per heavy atom. The number of amides is 2. The molecule has 28 heavy (non-hydrogen) atoms. The molecule has 0 radical (unpaired) electrons. The van der Waals surface area contributed by atoms with Crippen LogP contribution in [0.4, 0.5) is 10.1 Å². The number of carbonyl (C=O) groups is 2. The summed E-state index contributed by atoms with van der Waals surface area (Å²) in [6, 6.07) is 6.80. The van der Waals surface area contributed by atoms with E-state index in [1.807, 2.05) is 15.9 Å². The molecule has 0 aromatic heterocycles. The number of rotatable bonds is 6. The van der Waals surface area contributed by atoms with Crippen LogP contribution in [0.5, 0.6) is 0 Å². The minimum Gasteiger partial charge on any atom is -0.366 e. The summed E-state index contributed by atoms with van der Waals surface area (Å²) in [6.07, 6.45) is 5.26. The van der Waals surface area contributed by atoms with Crippen molar-refractivity contribution < 1.29 is 14.0 Å². The zero-order valence-electron chi connectivity index (χ0n) is 16.8. The molecule has 0 unspecified atom stereocenters. The predicted octanol–water partition coefficient (Wildman–Crippen LogP) is 3.20. The number of hydrogen-bond donors (Lipinski definition) is 1. The van der Waals surface area contributed by atoms with Crippen LogP contribution in [0.1, 0.15) is 45.4 Å². The molecule has 1 N–H and O–H groups in total. The second kappa shape index (κ2) is 9.89. The topological polar surface area (TPSA) is 52.7 Å². The molecule has 2 fully saturated rings. The van der Waals surface area contributed by atoms with Crippen molar-refractivity contribution in [3.8, 4) is 0 Å². The number of halogens is 1. The highest BCUT2D eigenvalue weighted by Gasteiger charge is 2.33. The third-order valence-electron chi connectivity index (χ3n) is 6.06. The molecule has 154 valence electrons. The van der Waals surface area contributed by atoms with Gasteiger partial charge in [0.2, 0.25) is 11.8 Å². The second-order valence-corrected chi connectivity index (χ2v) is 7.96. The van der Waals surface area contributed by atoms with Gasteiger partial charge in [0.05, 0.1) is 5.69 Å². The summed E-state index contributed by atoms with van der Waals surface area (Å²) in [4.78, 5) is 29.0. The van der Waals surface area contributed by atoms with Gasteiger partial charge in [0.1, 0.15) is 5.82 Å². The van der Waals surface area contributed by atoms with E-state index in [1.165, 1.54) is 6.07 Å².